The Morgan fingerprint density at radius 3 is 2.82 bits per heavy atom. The lowest BCUT2D eigenvalue weighted by Gasteiger charge is -1.95. The van der Waals surface area contributed by atoms with Crippen molar-refractivity contribution < 1.29 is 5.21 Å². The molecule has 0 fully saturated rings. The second-order valence-corrected chi connectivity index (χ2v) is 2.44. The number of fused-ring (bicyclic) bond motifs is 1. The summed E-state index contributed by atoms with van der Waals surface area (Å²) in [5.74, 6) is 0. The average Bonchev–Trinajstić information content (AvgIpc) is 2.35. The zero-order chi connectivity index (χ0) is 7.84. The quantitative estimate of drug-likeness (QED) is 0.439. The Bertz CT molecular complexity index is 392. The third-order valence-corrected chi connectivity index (χ3v) is 1.75. The van der Waals surface area contributed by atoms with Gasteiger partial charge in [0, 0.05) is 17.3 Å². The number of nitrogens with two attached hydrogens (primary N) is 1. The van der Waals surface area contributed by atoms with E-state index in [2.05, 4.69) is 0 Å². The van der Waals surface area contributed by atoms with E-state index in [1.165, 1.54) is 0 Å². The van der Waals surface area contributed by atoms with Gasteiger partial charge in [-0.15, -0.1) is 0 Å². The molecule has 0 saturated heterocycles. The van der Waals surface area contributed by atoms with Gasteiger partial charge in [-0.1, -0.05) is 6.07 Å². The zero-order valence-corrected chi connectivity index (χ0v) is 5.86. The van der Waals surface area contributed by atoms with E-state index in [-0.39, 0.29) is 0 Å². The number of rotatable bonds is 0. The maximum absolute atomic E-state index is 9.20. The first-order valence-electron chi connectivity index (χ1n) is 3.34. The predicted octanol–water partition coefficient (Wildman–Crippen LogP) is 1.46. The maximum Gasteiger partial charge on any atom is 0.0886 e. The summed E-state index contributed by atoms with van der Waals surface area (Å²) in [5, 5.41) is 10.1. The third kappa shape index (κ3) is 0.741. The molecular weight excluding hydrogens is 140 g/mol. The standard InChI is InChI=1S/C8H8N2O/c9-7-2-1-3-8-6(7)4-5-10(8)11/h1-5,11H,9H2. The lowest BCUT2D eigenvalue weighted by atomic mass is 10.2. The summed E-state index contributed by atoms with van der Waals surface area (Å²) in [6, 6.07) is 7.21. The predicted molar refractivity (Wildman–Crippen MR) is 43.5 cm³/mol. The van der Waals surface area contributed by atoms with Crippen molar-refractivity contribution in [1.82, 2.24) is 4.73 Å². The topological polar surface area (TPSA) is 51.2 Å². The Morgan fingerprint density at radius 1 is 1.27 bits per heavy atom. The van der Waals surface area contributed by atoms with E-state index in [4.69, 9.17) is 5.73 Å². The van der Waals surface area contributed by atoms with Crippen LogP contribution in [0.5, 0.6) is 0 Å². The van der Waals surface area contributed by atoms with Crippen LogP contribution in [0.25, 0.3) is 10.9 Å². The second-order valence-electron chi connectivity index (χ2n) is 2.44. The molecule has 0 aliphatic carbocycles. The highest BCUT2D eigenvalue weighted by molar-refractivity contribution is 5.90. The second kappa shape index (κ2) is 1.92. The average molecular weight is 148 g/mol. The van der Waals surface area contributed by atoms with Crippen LogP contribution < -0.4 is 5.73 Å². The van der Waals surface area contributed by atoms with Gasteiger partial charge in [0.05, 0.1) is 5.52 Å². The largest absolute Gasteiger partial charge is 0.428 e. The molecule has 3 N–H and O–H groups in total. The molecule has 11 heavy (non-hydrogen) atoms. The van der Waals surface area contributed by atoms with Gasteiger partial charge < -0.3 is 10.9 Å². The van der Waals surface area contributed by atoms with Gasteiger partial charge >= 0.3 is 0 Å². The molecule has 0 radical (unpaired) electrons. The first kappa shape index (κ1) is 6.09. The van der Waals surface area contributed by atoms with Crippen LogP contribution in [0.1, 0.15) is 0 Å². The number of anilines is 1. The van der Waals surface area contributed by atoms with Gasteiger partial charge in [0.25, 0.3) is 0 Å². The van der Waals surface area contributed by atoms with Gasteiger partial charge in [0.1, 0.15) is 0 Å². The van der Waals surface area contributed by atoms with Gasteiger partial charge in [0.15, 0.2) is 0 Å². The Hall–Kier alpha value is -1.64. The van der Waals surface area contributed by atoms with Crippen LogP contribution >= 0.6 is 0 Å². The monoisotopic (exact) mass is 148 g/mol. The summed E-state index contributed by atoms with van der Waals surface area (Å²) in [4.78, 5) is 0. The number of nitrogens with zero attached hydrogens (tertiary/aromatic N) is 1. The molecule has 0 bridgehead atoms. The molecule has 0 atom stereocenters. The molecule has 0 unspecified atom stereocenters. The smallest absolute Gasteiger partial charge is 0.0886 e. The summed E-state index contributed by atoms with van der Waals surface area (Å²) in [6.45, 7) is 0. The van der Waals surface area contributed by atoms with E-state index in [9.17, 15) is 5.21 Å². The molecule has 3 heteroatoms. The fraction of sp³-hybridized carbons (Fsp3) is 0. The number of hydrogen-bond acceptors (Lipinski definition) is 2. The molecule has 0 spiro atoms. The summed E-state index contributed by atoms with van der Waals surface area (Å²) in [5.41, 5.74) is 7.08. The zero-order valence-electron chi connectivity index (χ0n) is 5.86. The lowest BCUT2D eigenvalue weighted by Crippen LogP contribution is -1.88. The molecule has 2 rings (SSSR count). The minimum atomic E-state index is 0.690. The minimum Gasteiger partial charge on any atom is -0.428 e. The molecule has 0 aliphatic heterocycles. The van der Waals surface area contributed by atoms with Crippen LogP contribution in [0.4, 0.5) is 5.69 Å². The van der Waals surface area contributed by atoms with Crippen LogP contribution in [-0.2, 0) is 0 Å². The van der Waals surface area contributed by atoms with Crippen molar-refractivity contribution in [3.63, 3.8) is 0 Å². The van der Waals surface area contributed by atoms with Gasteiger partial charge in [-0.2, -0.15) is 4.73 Å². The highest BCUT2D eigenvalue weighted by Crippen LogP contribution is 2.20. The van der Waals surface area contributed by atoms with E-state index in [0.29, 0.717) is 5.69 Å². The van der Waals surface area contributed by atoms with E-state index in [1.54, 1.807) is 12.3 Å². The molecule has 1 aromatic carbocycles. The summed E-state index contributed by atoms with van der Waals surface area (Å²) < 4.78 is 1.06. The van der Waals surface area contributed by atoms with Crippen molar-refractivity contribution in [2.75, 3.05) is 5.73 Å². The normalized spacial score (nSPS) is 10.5. The molecule has 1 aromatic heterocycles. The molecule has 2 aromatic rings. The fourth-order valence-electron chi connectivity index (χ4n) is 1.18. The SMILES string of the molecule is Nc1cccc2c1ccn2O. The lowest BCUT2D eigenvalue weighted by molar-refractivity contribution is 0.200. The number of nitrogen functional groups attached to an aromatic ring is 1. The van der Waals surface area contributed by atoms with E-state index >= 15 is 0 Å². The first-order valence-corrected chi connectivity index (χ1v) is 3.34. The summed E-state index contributed by atoms with van der Waals surface area (Å²) >= 11 is 0. The van der Waals surface area contributed by atoms with Crippen LogP contribution in [0.2, 0.25) is 0 Å². The third-order valence-electron chi connectivity index (χ3n) is 1.75. The van der Waals surface area contributed by atoms with Crippen molar-refractivity contribution in [1.29, 1.82) is 0 Å². The van der Waals surface area contributed by atoms with E-state index < -0.39 is 0 Å². The number of hydrogen-bond donors (Lipinski definition) is 2. The van der Waals surface area contributed by atoms with Crippen molar-refractivity contribution in [2.45, 2.75) is 0 Å². The highest BCUT2D eigenvalue weighted by atomic mass is 16.5. The van der Waals surface area contributed by atoms with Crippen LogP contribution in [0.3, 0.4) is 0 Å². The Labute approximate surface area is 63.6 Å². The van der Waals surface area contributed by atoms with Gasteiger partial charge in [-0.05, 0) is 18.2 Å². The summed E-state index contributed by atoms with van der Waals surface area (Å²) in [7, 11) is 0. The molecule has 3 nitrogen and oxygen atoms in total. The number of benzene rings is 1. The Kier molecular flexibility index (Phi) is 1.06. The minimum absolute atomic E-state index is 0.690. The molecular formula is C8H8N2O. The molecule has 0 saturated carbocycles. The van der Waals surface area contributed by atoms with Crippen LogP contribution in [0.15, 0.2) is 30.5 Å². The maximum atomic E-state index is 9.20. The van der Waals surface area contributed by atoms with Gasteiger partial charge in [-0.3, -0.25) is 0 Å². The van der Waals surface area contributed by atoms with Crippen molar-refractivity contribution >= 4 is 16.6 Å². The van der Waals surface area contributed by atoms with Gasteiger partial charge in [-0.25, -0.2) is 0 Å². The van der Waals surface area contributed by atoms with Crippen molar-refractivity contribution in [2.24, 2.45) is 0 Å². The van der Waals surface area contributed by atoms with E-state index in [1.807, 2.05) is 18.2 Å². The molecule has 0 aliphatic rings. The van der Waals surface area contributed by atoms with Crippen molar-refractivity contribution in [3.05, 3.63) is 30.5 Å². The fourth-order valence-corrected chi connectivity index (χ4v) is 1.18. The van der Waals surface area contributed by atoms with Crippen LogP contribution in [-0.4, -0.2) is 9.94 Å². The Morgan fingerprint density at radius 2 is 2.09 bits per heavy atom. The van der Waals surface area contributed by atoms with Crippen LogP contribution in [0, 0.1) is 0 Å². The number of aromatic nitrogens is 1. The first-order chi connectivity index (χ1) is 5.29. The van der Waals surface area contributed by atoms with Gasteiger partial charge in [0.2, 0.25) is 0 Å². The van der Waals surface area contributed by atoms with Crippen molar-refractivity contribution in [3.8, 4) is 0 Å². The molecule has 1 heterocycles. The summed E-state index contributed by atoms with van der Waals surface area (Å²) in [6.07, 6.45) is 1.57. The molecule has 56 valence electrons. The van der Waals surface area contributed by atoms with E-state index in [0.717, 1.165) is 15.6 Å². The molecule has 0 amide bonds. The Balaban J connectivity index is 2.94. The highest BCUT2D eigenvalue weighted by Gasteiger charge is 2.00.